The van der Waals surface area contributed by atoms with E-state index in [9.17, 15) is 4.79 Å². The number of amides is 1. The molecule has 3 rings (SSSR count). The maximum absolute atomic E-state index is 12.2. The van der Waals surface area contributed by atoms with Crippen LogP contribution in [0.15, 0.2) is 36.7 Å². The van der Waals surface area contributed by atoms with E-state index in [-0.39, 0.29) is 5.91 Å². The Morgan fingerprint density at radius 2 is 2.19 bits per heavy atom. The molecule has 0 aliphatic heterocycles. The SMILES string of the molecule is Cc1ccc(CNC(=O)c2sc3ncccc3c2N)cn1. The minimum atomic E-state index is -0.184. The molecule has 0 unspecified atom stereocenters. The molecule has 3 heterocycles. The van der Waals surface area contributed by atoms with Crippen LogP contribution in [0.4, 0.5) is 5.69 Å². The molecule has 0 bridgehead atoms. The number of hydrogen-bond donors (Lipinski definition) is 2. The van der Waals surface area contributed by atoms with Crippen LogP contribution >= 0.6 is 11.3 Å². The highest BCUT2D eigenvalue weighted by molar-refractivity contribution is 7.21. The number of nitrogens with zero attached hydrogens (tertiary/aromatic N) is 2. The maximum atomic E-state index is 12.2. The number of anilines is 1. The molecular weight excluding hydrogens is 284 g/mol. The monoisotopic (exact) mass is 298 g/mol. The summed E-state index contributed by atoms with van der Waals surface area (Å²) in [6.07, 6.45) is 3.45. The van der Waals surface area contributed by atoms with Crippen molar-refractivity contribution in [2.45, 2.75) is 13.5 Å². The van der Waals surface area contributed by atoms with E-state index in [2.05, 4.69) is 15.3 Å². The van der Waals surface area contributed by atoms with E-state index >= 15 is 0 Å². The van der Waals surface area contributed by atoms with E-state index in [1.807, 2.05) is 31.2 Å². The Morgan fingerprint density at radius 3 is 2.90 bits per heavy atom. The summed E-state index contributed by atoms with van der Waals surface area (Å²) in [5.74, 6) is -0.184. The second-order valence-corrected chi connectivity index (χ2v) is 5.69. The molecule has 0 atom stereocenters. The number of nitrogen functional groups attached to an aromatic ring is 1. The van der Waals surface area contributed by atoms with Crippen molar-refractivity contribution < 1.29 is 4.79 Å². The summed E-state index contributed by atoms with van der Waals surface area (Å²) in [6.45, 7) is 2.35. The Hall–Kier alpha value is -2.47. The number of thiophene rings is 1. The lowest BCUT2D eigenvalue weighted by molar-refractivity contribution is 0.0956. The van der Waals surface area contributed by atoms with Crippen LogP contribution in [0.1, 0.15) is 20.9 Å². The lowest BCUT2D eigenvalue weighted by Crippen LogP contribution is -2.22. The van der Waals surface area contributed by atoms with Gasteiger partial charge >= 0.3 is 0 Å². The average molecular weight is 298 g/mol. The van der Waals surface area contributed by atoms with Crippen molar-refractivity contribution in [3.05, 3.63) is 52.8 Å². The van der Waals surface area contributed by atoms with Gasteiger partial charge in [-0.05, 0) is 30.7 Å². The highest BCUT2D eigenvalue weighted by Crippen LogP contribution is 2.31. The van der Waals surface area contributed by atoms with Crippen molar-refractivity contribution >= 4 is 33.1 Å². The number of aryl methyl sites for hydroxylation is 1. The Kier molecular flexibility index (Phi) is 3.53. The standard InChI is InChI=1S/C15H14N4OS/c1-9-4-5-10(7-18-9)8-19-14(20)13-12(16)11-3-2-6-17-15(11)21-13/h2-7H,8,16H2,1H3,(H,19,20). The molecule has 1 amide bonds. The average Bonchev–Trinajstić information content (AvgIpc) is 2.84. The Balaban J connectivity index is 1.78. The zero-order chi connectivity index (χ0) is 14.8. The first kappa shape index (κ1) is 13.5. The molecule has 0 fully saturated rings. The predicted molar refractivity (Wildman–Crippen MR) is 84.2 cm³/mol. The zero-order valence-electron chi connectivity index (χ0n) is 11.5. The molecular formula is C15H14N4OS. The second-order valence-electron chi connectivity index (χ2n) is 4.69. The Labute approximate surface area is 125 Å². The van der Waals surface area contributed by atoms with Gasteiger partial charge in [-0.25, -0.2) is 4.98 Å². The number of nitrogens with one attached hydrogen (secondary N) is 1. The molecule has 3 aromatic heterocycles. The van der Waals surface area contributed by atoms with Gasteiger partial charge in [-0.1, -0.05) is 6.07 Å². The van der Waals surface area contributed by atoms with Crippen molar-refractivity contribution in [3.63, 3.8) is 0 Å². The van der Waals surface area contributed by atoms with Crippen molar-refractivity contribution in [3.8, 4) is 0 Å². The molecule has 0 spiro atoms. The third-order valence-electron chi connectivity index (χ3n) is 3.14. The lowest BCUT2D eigenvalue weighted by atomic mass is 10.2. The number of carbonyl (C=O) groups is 1. The molecule has 0 aliphatic rings. The van der Waals surface area contributed by atoms with Crippen LogP contribution in [-0.4, -0.2) is 15.9 Å². The van der Waals surface area contributed by atoms with Gasteiger partial charge in [0, 0.05) is 30.0 Å². The molecule has 0 saturated heterocycles. The molecule has 0 radical (unpaired) electrons. The normalized spacial score (nSPS) is 10.7. The largest absolute Gasteiger partial charge is 0.397 e. The smallest absolute Gasteiger partial charge is 0.263 e. The van der Waals surface area contributed by atoms with E-state index in [0.717, 1.165) is 21.5 Å². The fraction of sp³-hybridized carbons (Fsp3) is 0.133. The molecule has 21 heavy (non-hydrogen) atoms. The van der Waals surface area contributed by atoms with Crippen molar-refractivity contribution in [1.82, 2.24) is 15.3 Å². The fourth-order valence-corrected chi connectivity index (χ4v) is 2.97. The number of hydrogen-bond acceptors (Lipinski definition) is 5. The van der Waals surface area contributed by atoms with Gasteiger partial charge in [-0.15, -0.1) is 11.3 Å². The first-order valence-corrected chi connectivity index (χ1v) is 7.29. The summed E-state index contributed by atoms with van der Waals surface area (Å²) >= 11 is 1.31. The van der Waals surface area contributed by atoms with Gasteiger partial charge in [-0.2, -0.15) is 0 Å². The quantitative estimate of drug-likeness (QED) is 0.778. The van der Waals surface area contributed by atoms with Crippen molar-refractivity contribution in [1.29, 1.82) is 0 Å². The van der Waals surface area contributed by atoms with Gasteiger partial charge in [-0.3, -0.25) is 9.78 Å². The van der Waals surface area contributed by atoms with Crippen LogP contribution in [-0.2, 0) is 6.54 Å². The third-order valence-corrected chi connectivity index (χ3v) is 4.26. The van der Waals surface area contributed by atoms with Gasteiger partial charge < -0.3 is 11.1 Å². The summed E-state index contributed by atoms with van der Waals surface area (Å²) in [5.41, 5.74) is 8.41. The molecule has 3 aromatic rings. The van der Waals surface area contributed by atoms with Crippen LogP contribution < -0.4 is 11.1 Å². The van der Waals surface area contributed by atoms with Gasteiger partial charge in [0.05, 0.1) is 5.69 Å². The highest BCUT2D eigenvalue weighted by atomic mass is 32.1. The number of pyridine rings is 2. The third kappa shape index (κ3) is 2.71. The number of aromatic nitrogens is 2. The highest BCUT2D eigenvalue weighted by Gasteiger charge is 2.16. The van der Waals surface area contributed by atoms with Gasteiger partial charge in [0.15, 0.2) is 0 Å². The van der Waals surface area contributed by atoms with Crippen LogP contribution in [0.3, 0.4) is 0 Å². The molecule has 3 N–H and O–H groups in total. The topological polar surface area (TPSA) is 80.9 Å². The molecule has 0 saturated carbocycles. The minimum absolute atomic E-state index is 0.184. The second kappa shape index (κ2) is 5.49. The molecule has 0 aromatic carbocycles. The van der Waals surface area contributed by atoms with Gasteiger partial charge in [0.1, 0.15) is 9.71 Å². The van der Waals surface area contributed by atoms with Crippen LogP contribution in [0.2, 0.25) is 0 Å². The van der Waals surface area contributed by atoms with E-state index in [1.165, 1.54) is 11.3 Å². The first-order chi connectivity index (χ1) is 10.1. The van der Waals surface area contributed by atoms with Crippen LogP contribution in [0.5, 0.6) is 0 Å². The summed E-state index contributed by atoms with van der Waals surface area (Å²) in [6, 6.07) is 7.54. The van der Waals surface area contributed by atoms with Crippen molar-refractivity contribution in [2.24, 2.45) is 0 Å². The molecule has 106 valence electrons. The zero-order valence-corrected chi connectivity index (χ0v) is 12.3. The summed E-state index contributed by atoms with van der Waals surface area (Å²) in [4.78, 5) is 21.9. The molecule has 0 aliphatic carbocycles. The Morgan fingerprint density at radius 1 is 1.33 bits per heavy atom. The summed E-state index contributed by atoms with van der Waals surface area (Å²) in [5, 5.41) is 3.68. The molecule has 6 heteroatoms. The van der Waals surface area contributed by atoms with Gasteiger partial charge in [0.25, 0.3) is 5.91 Å². The maximum Gasteiger partial charge on any atom is 0.263 e. The van der Waals surface area contributed by atoms with Crippen LogP contribution in [0, 0.1) is 6.92 Å². The lowest BCUT2D eigenvalue weighted by Gasteiger charge is -2.04. The predicted octanol–water partition coefficient (Wildman–Crippen LogP) is 2.51. The first-order valence-electron chi connectivity index (χ1n) is 6.48. The number of carbonyl (C=O) groups excluding carboxylic acids is 1. The van der Waals surface area contributed by atoms with E-state index in [0.29, 0.717) is 17.1 Å². The minimum Gasteiger partial charge on any atom is -0.397 e. The number of rotatable bonds is 3. The van der Waals surface area contributed by atoms with E-state index in [4.69, 9.17) is 5.73 Å². The summed E-state index contributed by atoms with van der Waals surface area (Å²) in [7, 11) is 0. The van der Waals surface area contributed by atoms with Gasteiger partial charge in [0.2, 0.25) is 0 Å². The summed E-state index contributed by atoms with van der Waals surface area (Å²) < 4.78 is 0. The Bertz CT molecular complexity index is 795. The number of nitrogens with two attached hydrogens (primary N) is 1. The van der Waals surface area contributed by atoms with Crippen molar-refractivity contribution in [2.75, 3.05) is 5.73 Å². The van der Waals surface area contributed by atoms with E-state index < -0.39 is 0 Å². The van der Waals surface area contributed by atoms with Crippen LogP contribution in [0.25, 0.3) is 10.2 Å². The molecule has 5 nitrogen and oxygen atoms in total. The number of fused-ring (bicyclic) bond motifs is 1. The van der Waals surface area contributed by atoms with E-state index in [1.54, 1.807) is 12.4 Å². The fourth-order valence-electron chi connectivity index (χ4n) is 1.99.